The number of allylic oxidation sites excluding steroid dienone is 22. The highest BCUT2D eigenvalue weighted by Gasteiger charge is 2.19. The normalized spacial score (nSPS) is 13.1. The largest absolute Gasteiger partial charge is 0.462 e. The lowest BCUT2D eigenvalue weighted by atomic mass is 10.1. The molecule has 424 valence electrons. The fourth-order valence-electron chi connectivity index (χ4n) is 8.04. The van der Waals surface area contributed by atoms with Gasteiger partial charge in [-0.3, -0.25) is 14.4 Å². The number of esters is 3. The molecule has 0 spiro atoms. The zero-order valence-electron chi connectivity index (χ0n) is 48.5. The molecule has 0 aliphatic rings. The molecule has 0 saturated heterocycles. The highest BCUT2D eigenvalue weighted by atomic mass is 16.6. The van der Waals surface area contributed by atoms with E-state index >= 15 is 0 Å². The van der Waals surface area contributed by atoms with Gasteiger partial charge in [-0.1, -0.05) is 257 Å². The van der Waals surface area contributed by atoms with Crippen LogP contribution in [-0.2, 0) is 28.6 Å². The van der Waals surface area contributed by atoms with Crippen LogP contribution in [0.2, 0.25) is 0 Å². The third-order valence-electron chi connectivity index (χ3n) is 12.6. The molecule has 0 radical (unpaired) electrons. The first-order valence-electron chi connectivity index (χ1n) is 30.7. The Kier molecular flexibility index (Phi) is 58.4. The summed E-state index contributed by atoms with van der Waals surface area (Å²) in [5.74, 6) is -1.02. The Morgan fingerprint density at radius 3 is 0.920 bits per heavy atom. The number of carbonyl (C=O) groups excluding carboxylic acids is 3. The van der Waals surface area contributed by atoms with E-state index in [4.69, 9.17) is 14.2 Å². The van der Waals surface area contributed by atoms with Crippen LogP contribution in [0.15, 0.2) is 134 Å². The molecule has 75 heavy (non-hydrogen) atoms. The Hall–Kier alpha value is -4.45. The second kappa shape index (κ2) is 62.1. The molecule has 0 aliphatic carbocycles. The van der Waals surface area contributed by atoms with Crippen molar-refractivity contribution < 1.29 is 28.6 Å². The molecule has 1 unspecified atom stereocenters. The first kappa shape index (κ1) is 70.5. The Morgan fingerprint density at radius 2 is 0.573 bits per heavy atom. The molecule has 0 rings (SSSR count). The third kappa shape index (κ3) is 60.3. The van der Waals surface area contributed by atoms with Gasteiger partial charge in [-0.05, 0) is 122 Å². The third-order valence-corrected chi connectivity index (χ3v) is 12.6. The lowest BCUT2D eigenvalue weighted by Gasteiger charge is -2.18. The zero-order chi connectivity index (χ0) is 54.3. The van der Waals surface area contributed by atoms with E-state index in [0.29, 0.717) is 19.3 Å². The van der Waals surface area contributed by atoms with Gasteiger partial charge in [0.25, 0.3) is 0 Å². The van der Waals surface area contributed by atoms with Crippen LogP contribution in [0.5, 0.6) is 0 Å². The average molecular weight is 1040 g/mol. The molecule has 0 aromatic rings. The fraction of sp³-hybridized carbons (Fsp3) is 0.638. The Bertz CT molecular complexity index is 1620. The summed E-state index contributed by atoms with van der Waals surface area (Å²) in [4.78, 5) is 38.2. The van der Waals surface area contributed by atoms with Gasteiger partial charge in [-0.2, -0.15) is 0 Å². The molecule has 0 heterocycles. The number of carbonyl (C=O) groups is 3. The van der Waals surface area contributed by atoms with Crippen molar-refractivity contribution in [3.05, 3.63) is 134 Å². The summed E-state index contributed by atoms with van der Waals surface area (Å²) < 4.78 is 16.8. The molecule has 1 atom stereocenters. The topological polar surface area (TPSA) is 78.9 Å². The van der Waals surface area contributed by atoms with Crippen LogP contribution >= 0.6 is 0 Å². The standard InChI is InChI=1S/C69H112O6/c1-4-7-10-13-16-19-22-25-27-29-31-32-33-34-35-36-38-39-41-44-47-50-53-56-59-62-68(71)74-65-66(64-73-67(70)61-58-55-52-49-46-43-24-21-18-15-12-9-6-3)75-69(72)63-60-57-54-51-48-45-42-40-37-30-28-26-23-20-17-14-11-8-5-2/h8,11-12,15,17,20-22,24-26,28-29,31,33-34,37,40,45,48,54,57,66H,4-7,9-10,13-14,16,18-19,23,27,30,32,35-36,38-39,41-44,46-47,49-53,55-56,58-65H2,1-3H3/b11-8-,15-12-,20-17-,24-21-,25-22-,28-26-,31-29-,34-33-,40-37-,48-45-,57-54-. The zero-order valence-corrected chi connectivity index (χ0v) is 48.5. The molecular formula is C69H112O6. The number of hydrogen-bond acceptors (Lipinski definition) is 6. The van der Waals surface area contributed by atoms with Crippen molar-refractivity contribution in [3.8, 4) is 0 Å². The monoisotopic (exact) mass is 1040 g/mol. The van der Waals surface area contributed by atoms with Gasteiger partial charge in [0, 0.05) is 19.3 Å². The molecule has 0 aliphatic heterocycles. The van der Waals surface area contributed by atoms with Crippen molar-refractivity contribution >= 4 is 17.9 Å². The number of ether oxygens (including phenoxy) is 3. The van der Waals surface area contributed by atoms with E-state index in [9.17, 15) is 14.4 Å². The van der Waals surface area contributed by atoms with Gasteiger partial charge in [0.2, 0.25) is 0 Å². The highest BCUT2D eigenvalue weighted by Crippen LogP contribution is 2.14. The predicted molar refractivity (Wildman–Crippen MR) is 325 cm³/mol. The second-order valence-corrected chi connectivity index (χ2v) is 19.9. The van der Waals surface area contributed by atoms with Crippen LogP contribution in [0.25, 0.3) is 0 Å². The van der Waals surface area contributed by atoms with Gasteiger partial charge in [0.05, 0.1) is 0 Å². The molecule has 0 aromatic heterocycles. The van der Waals surface area contributed by atoms with Crippen molar-refractivity contribution in [3.63, 3.8) is 0 Å². The Morgan fingerprint density at radius 1 is 0.280 bits per heavy atom. The van der Waals surface area contributed by atoms with Crippen LogP contribution in [0.1, 0.15) is 265 Å². The van der Waals surface area contributed by atoms with Crippen LogP contribution in [-0.4, -0.2) is 37.2 Å². The van der Waals surface area contributed by atoms with Gasteiger partial charge in [0.15, 0.2) is 6.10 Å². The molecule has 0 saturated carbocycles. The van der Waals surface area contributed by atoms with Crippen molar-refractivity contribution in [1.82, 2.24) is 0 Å². The average Bonchev–Trinajstić information content (AvgIpc) is 3.41. The summed E-state index contributed by atoms with van der Waals surface area (Å²) in [6.07, 6.45) is 87.5. The van der Waals surface area contributed by atoms with E-state index in [-0.39, 0.29) is 31.6 Å². The van der Waals surface area contributed by atoms with E-state index in [2.05, 4.69) is 142 Å². The van der Waals surface area contributed by atoms with E-state index in [1.54, 1.807) is 0 Å². The summed E-state index contributed by atoms with van der Waals surface area (Å²) >= 11 is 0. The van der Waals surface area contributed by atoms with Gasteiger partial charge < -0.3 is 14.2 Å². The molecule has 0 amide bonds. The predicted octanol–water partition coefficient (Wildman–Crippen LogP) is 21.0. The van der Waals surface area contributed by atoms with Crippen molar-refractivity contribution in [2.45, 2.75) is 271 Å². The summed E-state index contributed by atoms with van der Waals surface area (Å²) in [5.41, 5.74) is 0. The first-order chi connectivity index (χ1) is 37.0. The van der Waals surface area contributed by atoms with Crippen LogP contribution in [0, 0.1) is 0 Å². The maximum atomic E-state index is 12.8. The minimum absolute atomic E-state index is 0.119. The van der Waals surface area contributed by atoms with Gasteiger partial charge in [-0.25, -0.2) is 0 Å². The van der Waals surface area contributed by atoms with Crippen LogP contribution in [0.3, 0.4) is 0 Å². The van der Waals surface area contributed by atoms with Gasteiger partial charge in [0.1, 0.15) is 13.2 Å². The summed E-state index contributed by atoms with van der Waals surface area (Å²) in [7, 11) is 0. The summed E-state index contributed by atoms with van der Waals surface area (Å²) in [5, 5.41) is 0. The van der Waals surface area contributed by atoms with E-state index in [1.807, 2.05) is 12.2 Å². The van der Waals surface area contributed by atoms with Crippen LogP contribution < -0.4 is 0 Å². The summed E-state index contributed by atoms with van der Waals surface area (Å²) in [6, 6.07) is 0. The highest BCUT2D eigenvalue weighted by molar-refractivity contribution is 5.71. The number of unbranched alkanes of at least 4 members (excludes halogenated alkanes) is 21. The van der Waals surface area contributed by atoms with Crippen molar-refractivity contribution in [2.75, 3.05) is 13.2 Å². The smallest absolute Gasteiger partial charge is 0.306 e. The van der Waals surface area contributed by atoms with Crippen LogP contribution in [0.4, 0.5) is 0 Å². The van der Waals surface area contributed by atoms with Gasteiger partial charge >= 0.3 is 17.9 Å². The lowest BCUT2D eigenvalue weighted by molar-refractivity contribution is -0.166. The molecule has 6 heteroatoms. The lowest BCUT2D eigenvalue weighted by Crippen LogP contribution is -2.30. The first-order valence-corrected chi connectivity index (χ1v) is 30.7. The number of hydrogen-bond donors (Lipinski definition) is 0. The Balaban J connectivity index is 4.45. The maximum absolute atomic E-state index is 12.8. The molecule has 0 N–H and O–H groups in total. The SMILES string of the molecule is CC/C=C\C/C=C\C/C=C\C/C=C\C/C=C\C/C=C\CCC(=O)OC(COC(=O)CCCCCCC/C=C\C/C=C\CCC)COC(=O)CCCCCCCCCCCC/C=C\C/C=C\C/C=C\CCCCCCC. The quantitative estimate of drug-likeness (QED) is 0.0261. The van der Waals surface area contributed by atoms with E-state index in [0.717, 1.165) is 122 Å². The van der Waals surface area contributed by atoms with Gasteiger partial charge in [-0.15, -0.1) is 0 Å². The number of rotatable bonds is 54. The molecule has 6 nitrogen and oxygen atoms in total. The van der Waals surface area contributed by atoms with Crippen molar-refractivity contribution in [2.24, 2.45) is 0 Å². The molecular weight excluding hydrogens is 925 g/mol. The maximum Gasteiger partial charge on any atom is 0.306 e. The minimum atomic E-state index is -0.832. The molecule has 0 fully saturated rings. The second-order valence-electron chi connectivity index (χ2n) is 19.9. The fourth-order valence-corrected chi connectivity index (χ4v) is 8.04. The van der Waals surface area contributed by atoms with Crippen molar-refractivity contribution in [1.29, 1.82) is 0 Å². The summed E-state index contributed by atoms with van der Waals surface area (Å²) in [6.45, 7) is 6.37. The molecule has 0 aromatic carbocycles. The minimum Gasteiger partial charge on any atom is -0.462 e. The molecule has 0 bridgehead atoms. The van der Waals surface area contributed by atoms with E-state index < -0.39 is 12.1 Å². The Labute approximate surface area is 462 Å². The van der Waals surface area contributed by atoms with E-state index in [1.165, 1.54) is 96.3 Å².